The number of hydrogen-bond acceptors (Lipinski definition) is 5. The summed E-state index contributed by atoms with van der Waals surface area (Å²) in [5.41, 5.74) is 2.89. The van der Waals surface area contributed by atoms with Crippen LogP contribution < -0.4 is 10.1 Å². The number of nitrogens with zero attached hydrogens (tertiary/aromatic N) is 2. The number of ether oxygens (including phenoxy) is 1. The van der Waals surface area contributed by atoms with Gasteiger partial charge >= 0.3 is 0 Å². The molecule has 0 bridgehead atoms. The van der Waals surface area contributed by atoms with Crippen molar-refractivity contribution in [2.45, 2.75) is 11.1 Å². The SMILES string of the molecule is COc1ccc([C@H](NC(=O)CSc2ncnc3ccccc23)c2ccccc2)cc1. The first-order valence-electron chi connectivity index (χ1n) is 9.55. The van der Waals surface area contributed by atoms with Crippen LogP contribution in [0.1, 0.15) is 17.2 Å². The summed E-state index contributed by atoms with van der Waals surface area (Å²) < 4.78 is 5.26. The molecule has 1 atom stereocenters. The van der Waals surface area contributed by atoms with E-state index in [9.17, 15) is 4.79 Å². The Morgan fingerprint density at radius 1 is 0.933 bits per heavy atom. The number of carbonyl (C=O) groups excluding carboxylic acids is 1. The van der Waals surface area contributed by atoms with Crippen molar-refractivity contribution in [3.8, 4) is 5.75 Å². The number of thioether (sulfide) groups is 1. The summed E-state index contributed by atoms with van der Waals surface area (Å²) in [5, 5.41) is 4.92. The molecule has 0 fully saturated rings. The number of rotatable bonds is 7. The molecular formula is C24H21N3O2S. The molecule has 1 heterocycles. The van der Waals surface area contributed by atoms with Crippen molar-refractivity contribution in [3.63, 3.8) is 0 Å². The van der Waals surface area contributed by atoms with Crippen LogP contribution in [0.5, 0.6) is 5.75 Å². The summed E-state index contributed by atoms with van der Waals surface area (Å²) in [6, 6.07) is 25.2. The fourth-order valence-corrected chi connectivity index (χ4v) is 4.03. The highest BCUT2D eigenvalue weighted by atomic mass is 32.2. The molecule has 0 saturated heterocycles. The zero-order chi connectivity index (χ0) is 20.8. The Morgan fingerprint density at radius 2 is 1.63 bits per heavy atom. The van der Waals surface area contributed by atoms with E-state index in [1.54, 1.807) is 7.11 Å². The first-order valence-corrected chi connectivity index (χ1v) is 10.5. The number of benzene rings is 3. The molecule has 1 aromatic heterocycles. The van der Waals surface area contributed by atoms with Crippen LogP contribution in [0.2, 0.25) is 0 Å². The fourth-order valence-electron chi connectivity index (χ4n) is 3.23. The molecular weight excluding hydrogens is 394 g/mol. The van der Waals surface area contributed by atoms with E-state index >= 15 is 0 Å². The molecule has 1 amide bonds. The minimum atomic E-state index is -0.243. The maximum Gasteiger partial charge on any atom is 0.231 e. The van der Waals surface area contributed by atoms with Gasteiger partial charge in [-0.15, -0.1) is 0 Å². The second-order valence-electron chi connectivity index (χ2n) is 6.67. The van der Waals surface area contributed by atoms with Crippen molar-refractivity contribution >= 4 is 28.6 Å². The normalized spacial score (nSPS) is 11.8. The van der Waals surface area contributed by atoms with Crippen LogP contribution in [-0.4, -0.2) is 28.7 Å². The van der Waals surface area contributed by atoms with Crippen molar-refractivity contribution in [1.29, 1.82) is 0 Å². The van der Waals surface area contributed by atoms with Gasteiger partial charge in [-0.1, -0.05) is 72.4 Å². The van der Waals surface area contributed by atoms with Crippen molar-refractivity contribution in [3.05, 3.63) is 96.3 Å². The van der Waals surface area contributed by atoms with E-state index in [1.165, 1.54) is 18.1 Å². The summed E-state index contributed by atoms with van der Waals surface area (Å²) in [6.07, 6.45) is 1.53. The van der Waals surface area contributed by atoms with Crippen LogP contribution in [0.25, 0.3) is 10.9 Å². The third kappa shape index (κ3) is 4.60. The zero-order valence-electron chi connectivity index (χ0n) is 16.5. The van der Waals surface area contributed by atoms with Crippen LogP contribution in [0, 0.1) is 0 Å². The van der Waals surface area contributed by atoms with Crippen LogP contribution in [0.4, 0.5) is 0 Å². The second-order valence-corrected chi connectivity index (χ2v) is 7.63. The van der Waals surface area contributed by atoms with E-state index in [-0.39, 0.29) is 17.7 Å². The van der Waals surface area contributed by atoms with Crippen molar-refractivity contribution in [2.75, 3.05) is 12.9 Å². The number of amides is 1. The third-order valence-electron chi connectivity index (χ3n) is 4.73. The highest BCUT2D eigenvalue weighted by Gasteiger charge is 2.17. The van der Waals surface area contributed by atoms with E-state index in [2.05, 4.69) is 15.3 Å². The molecule has 0 saturated carbocycles. The van der Waals surface area contributed by atoms with Gasteiger partial charge in [0, 0.05) is 5.39 Å². The van der Waals surface area contributed by atoms with Gasteiger partial charge < -0.3 is 10.1 Å². The van der Waals surface area contributed by atoms with Gasteiger partial charge in [-0.05, 0) is 29.3 Å². The van der Waals surface area contributed by atoms with Gasteiger partial charge in [0.15, 0.2) is 0 Å². The number of methoxy groups -OCH3 is 1. The lowest BCUT2D eigenvalue weighted by molar-refractivity contribution is -0.119. The summed E-state index contributed by atoms with van der Waals surface area (Å²) in [5.74, 6) is 0.982. The maximum atomic E-state index is 12.8. The Bertz CT molecular complexity index is 1130. The lowest BCUT2D eigenvalue weighted by Crippen LogP contribution is -2.30. The average Bonchev–Trinajstić information content (AvgIpc) is 2.82. The Kier molecular flexibility index (Phi) is 6.25. The van der Waals surface area contributed by atoms with Gasteiger partial charge in [0.25, 0.3) is 0 Å². The predicted molar refractivity (Wildman–Crippen MR) is 120 cm³/mol. The Balaban J connectivity index is 1.51. The standard InChI is InChI=1S/C24H21N3O2S/c1-29-19-13-11-18(12-14-19)23(17-7-3-2-4-8-17)27-22(28)15-30-24-20-9-5-6-10-21(20)25-16-26-24/h2-14,16,23H,15H2,1H3,(H,27,28)/t23-/m1/s1. The van der Waals surface area contributed by atoms with Gasteiger partial charge in [-0.2, -0.15) is 0 Å². The van der Waals surface area contributed by atoms with Crippen LogP contribution in [0.15, 0.2) is 90.2 Å². The molecule has 4 aromatic rings. The number of nitrogens with one attached hydrogen (secondary N) is 1. The van der Waals surface area contributed by atoms with E-state index < -0.39 is 0 Å². The molecule has 30 heavy (non-hydrogen) atoms. The number of hydrogen-bond donors (Lipinski definition) is 1. The summed E-state index contributed by atoms with van der Waals surface area (Å²) >= 11 is 1.41. The molecule has 0 radical (unpaired) electrons. The smallest absolute Gasteiger partial charge is 0.231 e. The number of aromatic nitrogens is 2. The van der Waals surface area contributed by atoms with Gasteiger partial charge in [0.2, 0.25) is 5.91 Å². The molecule has 0 unspecified atom stereocenters. The summed E-state index contributed by atoms with van der Waals surface area (Å²) in [4.78, 5) is 21.5. The van der Waals surface area contributed by atoms with E-state index in [0.717, 1.165) is 32.8 Å². The molecule has 1 N–H and O–H groups in total. The van der Waals surface area contributed by atoms with Crippen LogP contribution >= 0.6 is 11.8 Å². The lowest BCUT2D eigenvalue weighted by atomic mass is 9.98. The molecule has 0 aliphatic heterocycles. The molecule has 150 valence electrons. The Hall–Kier alpha value is -3.38. The van der Waals surface area contributed by atoms with E-state index in [0.29, 0.717) is 0 Å². The van der Waals surface area contributed by atoms with Crippen molar-refractivity contribution < 1.29 is 9.53 Å². The number of carbonyl (C=O) groups is 1. The van der Waals surface area contributed by atoms with Crippen molar-refractivity contribution in [2.24, 2.45) is 0 Å². The summed E-state index contributed by atoms with van der Waals surface area (Å²) in [7, 11) is 1.64. The second kappa shape index (κ2) is 9.41. The monoisotopic (exact) mass is 415 g/mol. The molecule has 5 nitrogen and oxygen atoms in total. The molecule has 0 aliphatic carbocycles. The van der Waals surface area contributed by atoms with Crippen molar-refractivity contribution in [1.82, 2.24) is 15.3 Å². The van der Waals surface area contributed by atoms with Crippen LogP contribution in [0.3, 0.4) is 0 Å². The molecule has 6 heteroatoms. The Morgan fingerprint density at radius 3 is 2.40 bits per heavy atom. The van der Waals surface area contributed by atoms with Crippen LogP contribution in [-0.2, 0) is 4.79 Å². The predicted octanol–water partition coefficient (Wildman–Crippen LogP) is 4.64. The molecule has 0 spiro atoms. The first-order chi connectivity index (χ1) is 14.7. The maximum absolute atomic E-state index is 12.8. The topological polar surface area (TPSA) is 64.1 Å². The minimum Gasteiger partial charge on any atom is -0.497 e. The molecule has 0 aliphatic rings. The zero-order valence-corrected chi connectivity index (χ0v) is 17.3. The van der Waals surface area contributed by atoms with Gasteiger partial charge in [0.05, 0.1) is 24.4 Å². The minimum absolute atomic E-state index is 0.0626. The molecule has 3 aromatic carbocycles. The lowest BCUT2D eigenvalue weighted by Gasteiger charge is -2.20. The van der Waals surface area contributed by atoms with Gasteiger partial charge in [-0.25, -0.2) is 9.97 Å². The molecule has 4 rings (SSSR count). The quantitative estimate of drug-likeness (QED) is 0.352. The van der Waals surface area contributed by atoms with Gasteiger partial charge in [-0.3, -0.25) is 4.79 Å². The average molecular weight is 416 g/mol. The Labute approximate surface area is 179 Å². The fraction of sp³-hybridized carbons (Fsp3) is 0.125. The summed E-state index contributed by atoms with van der Waals surface area (Å²) in [6.45, 7) is 0. The third-order valence-corrected chi connectivity index (χ3v) is 5.74. The van der Waals surface area contributed by atoms with Gasteiger partial charge in [0.1, 0.15) is 17.1 Å². The van der Waals surface area contributed by atoms with E-state index in [4.69, 9.17) is 4.74 Å². The highest BCUT2D eigenvalue weighted by molar-refractivity contribution is 8.00. The first kappa shape index (κ1) is 19.9. The largest absolute Gasteiger partial charge is 0.497 e. The highest BCUT2D eigenvalue weighted by Crippen LogP contribution is 2.26. The van der Waals surface area contributed by atoms with E-state index in [1.807, 2.05) is 78.9 Å². The number of fused-ring (bicyclic) bond motifs is 1. The number of para-hydroxylation sites is 1.